The number of anilines is 1. The fourth-order valence-electron chi connectivity index (χ4n) is 3.51. The normalized spacial score (nSPS) is 14.6. The number of aryl methyl sites for hydroxylation is 2. The van der Waals surface area contributed by atoms with E-state index in [-0.39, 0.29) is 17.2 Å². The average Bonchev–Trinajstić information content (AvgIpc) is 3.46. The van der Waals surface area contributed by atoms with E-state index in [1.165, 1.54) is 22.0 Å². The molecule has 0 atom stereocenters. The van der Waals surface area contributed by atoms with E-state index in [1.54, 1.807) is 18.3 Å². The van der Waals surface area contributed by atoms with Gasteiger partial charge >= 0.3 is 0 Å². The van der Waals surface area contributed by atoms with Crippen molar-refractivity contribution in [1.29, 1.82) is 0 Å². The van der Waals surface area contributed by atoms with Crippen molar-refractivity contribution in [2.24, 2.45) is 0 Å². The summed E-state index contributed by atoms with van der Waals surface area (Å²) in [7, 11) is -3.45. The fraction of sp³-hybridized carbons (Fsp3) is 0.304. The van der Waals surface area contributed by atoms with Gasteiger partial charge in [-0.05, 0) is 44.0 Å². The maximum Gasteiger partial charge on any atom is 0.243 e. The number of amides is 1. The van der Waals surface area contributed by atoms with Crippen LogP contribution in [0, 0.1) is 6.92 Å². The highest BCUT2D eigenvalue weighted by molar-refractivity contribution is 7.89. The van der Waals surface area contributed by atoms with E-state index in [1.807, 2.05) is 31.2 Å². The third-order valence-electron chi connectivity index (χ3n) is 5.30. The van der Waals surface area contributed by atoms with E-state index >= 15 is 0 Å². The number of aromatic nitrogens is 1. The second kappa shape index (κ2) is 9.03. The molecule has 2 heterocycles. The Morgan fingerprint density at radius 3 is 2.42 bits per heavy atom. The van der Waals surface area contributed by atoms with Gasteiger partial charge in [0.25, 0.3) is 0 Å². The van der Waals surface area contributed by atoms with Crippen molar-refractivity contribution in [2.75, 3.05) is 18.4 Å². The van der Waals surface area contributed by atoms with Crippen LogP contribution in [0.4, 0.5) is 5.69 Å². The van der Waals surface area contributed by atoms with Gasteiger partial charge in [0.15, 0.2) is 11.7 Å². The SMILES string of the molecule is Cc1ccc(-c2cnc(CCC(=O)Nc3ccc(S(=O)(=O)N4CCCC4)cc3)o2)cc1. The van der Waals surface area contributed by atoms with Gasteiger partial charge in [-0.3, -0.25) is 4.79 Å². The summed E-state index contributed by atoms with van der Waals surface area (Å²) in [5.41, 5.74) is 2.66. The minimum absolute atomic E-state index is 0.190. The highest BCUT2D eigenvalue weighted by atomic mass is 32.2. The van der Waals surface area contributed by atoms with Gasteiger partial charge in [0, 0.05) is 37.2 Å². The number of rotatable bonds is 7. The molecule has 0 radical (unpaired) electrons. The number of hydrogen-bond acceptors (Lipinski definition) is 5. The lowest BCUT2D eigenvalue weighted by atomic mass is 10.1. The molecule has 0 spiro atoms. The Morgan fingerprint density at radius 1 is 1.06 bits per heavy atom. The van der Waals surface area contributed by atoms with Crippen LogP contribution in [0.5, 0.6) is 0 Å². The first-order chi connectivity index (χ1) is 14.9. The molecule has 2 aromatic carbocycles. The zero-order valence-electron chi connectivity index (χ0n) is 17.4. The van der Waals surface area contributed by atoms with Crippen molar-refractivity contribution >= 4 is 21.6 Å². The minimum Gasteiger partial charge on any atom is -0.441 e. The fourth-order valence-corrected chi connectivity index (χ4v) is 5.03. The molecule has 7 nitrogen and oxygen atoms in total. The Morgan fingerprint density at radius 2 is 1.74 bits per heavy atom. The molecule has 1 saturated heterocycles. The molecule has 1 amide bonds. The minimum atomic E-state index is -3.45. The van der Waals surface area contributed by atoms with Gasteiger partial charge in [0.1, 0.15) is 0 Å². The van der Waals surface area contributed by atoms with Crippen LogP contribution in [-0.2, 0) is 21.2 Å². The third kappa shape index (κ3) is 5.03. The van der Waals surface area contributed by atoms with Gasteiger partial charge in [0.05, 0.1) is 11.1 Å². The quantitative estimate of drug-likeness (QED) is 0.601. The summed E-state index contributed by atoms with van der Waals surface area (Å²) in [5, 5.41) is 2.79. The molecule has 1 fully saturated rings. The molecule has 1 N–H and O–H groups in total. The number of benzene rings is 2. The molecule has 8 heteroatoms. The lowest BCUT2D eigenvalue weighted by Crippen LogP contribution is -2.27. The van der Waals surface area contributed by atoms with Crippen molar-refractivity contribution in [3.05, 3.63) is 66.2 Å². The van der Waals surface area contributed by atoms with Gasteiger partial charge in [0.2, 0.25) is 15.9 Å². The number of nitrogens with one attached hydrogen (secondary N) is 1. The number of hydrogen-bond donors (Lipinski definition) is 1. The maximum absolute atomic E-state index is 12.6. The second-order valence-corrected chi connectivity index (χ2v) is 9.61. The molecule has 0 unspecified atom stereocenters. The van der Waals surface area contributed by atoms with E-state index < -0.39 is 10.0 Å². The Bertz CT molecular complexity index is 1150. The maximum atomic E-state index is 12.6. The van der Waals surface area contributed by atoms with Crippen LogP contribution in [0.3, 0.4) is 0 Å². The first-order valence-electron chi connectivity index (χ1n) is 10.3. The molecule has 31 heavy (non-hydrogen) atoms. The zero-order valence-corrected chi connectivity index (χ0v) is 18.2. The topological polar surface area (TPSA) is 92.5 Å². The van der Waals surface area contributed by atoms with Gasteiger partial charge in [-0.1, -0.05) is 29.8 Å². The lowest BCUT2D eigenvalue weighted by molar-refractivity contribution is -0.116. The van der Waals surface area contributed by atoms with E-state index in [4.69, 9.17) is 4.42 Å². The number of carbonyl (C=O) groups excluding carboxylic acids is 1. The monoisotopic (exact) mass is 439 g/mol. The van der Waals surface area contributed by atoms with Gasteiger partial charge in [-0.15, -0.1) is 0 Å². The number of nitrogens with zero attached hydrogens (tertiary/aromatic N) is 2. The second-order valence-electron chi connectivity index (χ2n) is 7.67. The van der Waals surface area contributed by atoms with Crippen molar-refractivity contribution in [2.45, 2.75) is 37.5 Å². The van der Waals surface area contributed by atoms with Crippen molar-refractivity contribution in [3.8, 4) is 11.3 Å². The highest BCUT2D eigenvalue weighted by Gasteiger charge is 2.26. The summed E-state index contributed by atoms with van der Waals surface area (Å²) in [5.74, 6) is 0.980. The molecule has 0 aliphatic carbocycles. The predicted octanol–water partition coefficient (Wildman–Crippen LogP) is 4.01. The van der Waals surface area contributed by atoms with E-state index in [9.17, 15) is 13.2 Å². The summed E-state index contributed by atoms with van der Waals surface area (Å²) in [6, 6.07) is 14.2. The van der Waals surface area contributed by atoms with Crippen LogP contribution in [0.15, 0.2) is 64.0 Å². The molecular weight excluding hydrogens is 414 g/mol. The smallest absolute Gasteiger partial charge is 0.243 e. The Kier molecular flexibility index (Phi) is 6.20. The average molecular weight is 440 g/mol. The standard InChI is InChI=1S/C23H25N3O4S/c1-17-4-6-18(7-5-17)21-16-24-23(30-21)13-12-22(27)25-19-8-10-20(11-9-19)31(28,29)26-14-2-3-15-26/h4-11,16H,2-3,12-15H2,1H3,(H,25,27). The third-order valence-corrected chi connectivity index (χ3v) is 7.21. The van der Waals surface area contributed by atoms with Crippen molar-refractivity contribution < 1.29 is 17.6 Å². The molecule has 1 aromatic heterocycles. The highest BCUT2D eigenvalue weighted by Crippen LogP contribution is 2.23. The Hall–Kier alpha value is -2.97. The van der Waals surface area contributed by atoms with Gasteiger partial charge < -0.3 is 9.73 Å². The van der Waals surface area contributed by atoms with Crippen LogP contribution in [0.2, 0.25) is 0 Å². The van der Waals surface area contributed by atoms with Gasteiger partial charge in [-0.25, -0.2) is 13.4 Å². The Balaban J connectivity index is 1.31. The van der Waals surface area contributed by atoms with Crippen LogP contribution in [0.1, 0.15) is 30.7 Å². The van der Waals surface area contributed by atoms with Gasteiger partial charge in [-0.2, -0.15) is 4.31 Å². The molecule has 4 rings (SSSR count). The van der Waals surface area contributed by atoms with Crippen LogP contribution in [0.25, 0.3) is 11.3 Å². The molecule has 1 aliphatic heterocycles. The molecule has 3 aromatic rings. The molecule has 0 saturated carbocycles. The summed E-state index contributed by atoms with van der Waals surface area (Å²) in [4.78, 5) is 16.8. The van der Waals surface area contributed by atoms with Crippen LogP contribution in [-0.4, -0.2) is 36.7 Å². The predicted molar refractivity (Wildman–Crippen MR) is 118 cm³/mol. The first-order valence-corrected chi connectivity index (χ1v) is 11.8. The zero-order chi connectivity index (χ0) is 21.8. The largest absolute Gasteiger partial charge is 0.441 e. The van der Waals surface area contributed by atoms with Crippen LogP contribution >= 0.6 is 0 Å². The molecule has 162 valence electrons. The number of oxazole rings is 1. The molecule has 1 aliphatic rings. The number of carbonyl (C=O) groups is 1. The summed E-state index contributed by atoms with van der Waals surface area (Å²) < 4.78 is 32.4. The van der Waals surface area contributed by atoms with Crippen molar-refractivity contribution in [1.82, 2.24) is 9.29 Å². The Labute approximate surface area is 182 Å². The van der Waals surface area contributed by atoms with E-state index in [2.05, 4.69) is 10.3 Å². The summed E-state index contributed by atoms with van der Waals surface area (Å²) in [6.45, 7) is 3.15. The first kappa shape index (κ1) is 21.3. The van der Waals surface area contributed by atoms with E-state index in [0.717, 1.165) is 18.4 Å². The number of sulfonamides is 1. The van der Waals surface area contributed by atoms with Crippen LogP contribution < -0.4 is 5.32 Å². The lowest BCUT2D eigenvalue weighted by Gasteiger charge is -2.15. The molecule has 0 bridgehead atoms. The summed E-state index contributed by atoms with van der Waals surface area (Å²) in [6.07, 6.45) is 4.03. The van der Waals surface area contributed by atoms with E-state index in [0.29, 0.717) is 36.8 Å². The van der Waals surface area contributed by atoms with Crippen molar-refractivity contribution in [3.63, 3.8) is 0 Å². The molecular formula is C23H25N3O4S. The summed E-state index contributed by atoms with van der Waals surface area (Å²) >= 11 is 0.